The van der Waals surface area contributed by atoms with E-state index in [1.54, 1.807) is 10.4 Å². The van der Waals surface area contributed by atoms with Crippen LogP contribution in [0.15, 0.2) is 52.6 Å². The standard InChI is InChI=1S/C16H22P2/c1-6-15-17(16(3,4)5)12-13(2)18(15)14-10-8-7-9-11-14/h6-12H,1-5H3/b15-6-. The van der Waals surface area contributed by atoms with E-state index in [0.717, 1.165) is 0 Å². The minimum absolute atomic E-state index is 0.124. The molecule has 0 nitrogen and oxygen atoms in total. The summed E-state index contributed by atoms with van der Waals surface area (Å²) in [5.74, 6) is 2.56. The Balaban J connectivity index is 2.43. The molecular weight excluding hydrogens is 254 g/mol. The highest BCUT2D eigenvalue weighted by Crippen LogP contribution is 2.76. The van der Waals surface area contributed by atoms with Gasteiger partial charge in [-0.2, -0.15) is 0 Å². The van der Waals surface area contributed by atoms with Gasteiger partial charge >= 0.3 is 0 Å². The molecule has 1 aliphatic rings. The highest BCUT2D eigenvalue weighted by atomic mass is 31.2. The van der Waals surface area contributed by atoms with Crippen LogP contribution in [0.4, 0.5) is 0 Å². The second-order valence-corrected chi connectivity index (χ2v) is 11.2. The maximum absolute atomic E-state index is 2.56. The highest BCUT2D eigenvalue weighted by Gasteiger charge is 2.36. The average molecular weight is 276 g/mol. The number of benzene rings is 1. The summed E-state index contributed by atoms with van der Waals surface area (Å²) in [7, 11) is -0.342. The Morgan fingerprint density at radius 3 is 2.17 bits per heavy atom. The first-order valence-electron chi connectivity index (χ1n) is 6.44. The quantitative estimate of drug-likeness (QED) is 0.568. The smallest absolute Gasteiger partial charge is 0.0104 e. The predicted molar refractivity (Wildman–Crippen MR) is 87.2 cm³/mol. The van der Waals surface area contributed by atoms with Gasteiger partial charge in [0.1, 0.15) is 0 Å². The maximum Gasteiger partial charge on any atom is -0.0104 e. The number of hydrogen-bond donors (Lipinski definition) is 0. The van der Waals surface area contributed by atoms with Crippen molar-refractivity contribution in [2.24, 2.45) is 0 Å². The first kappa shape index (κ1) is 14.0. The molecule has 0 spiro atoms. The second-order valence-electron chi connectivity index (χ2n) is 5.63. The van der Waals surface area contributed by atoms with Gasteiger partial charge in [0.05, 0.1) is 0 Å². The SMILES string of the molecule is C/C=C1\P(c2ccccc2)C(C)=CP1C(C)(C)C. The first-order valence-corrected chi connectivity index (χ1v) is 9.19. The molecule has 2 rings (SSSR count). The van der Waals surface area contributed by atoms with E-state index in [9.17, 15) is 0 Å². The van der Waals surface area contributed by atoms with Crippen LogP contribution in [0.25, 0.3) is 0 Å². The molecule has 0 saturated heterocycles. The monoisotopic (exact) mass is 276 g/mol. The Hall–Kier alpha value is -0.440. The van der Waals surface area contributed by atoms with Gasteiger partial charge in [-0.15, -0.1) is 0 Å². The normalized spacial score (nSPS) is 26.5. The van der Waals surface area contributed by atoms with Crippen LogP contribution in [-0.2, 0) is 0 Å². The molecule has 1 heterocycles. The molecule has 0 aliphatic carbocycles. The van der Waals surface area contributed by atoms with E-state index in [0.29, 0.717) is 5.16 Å². The minimum Gasteiger partial charge on any atom is -0.0785 e. The van der Waals surface area contributed by atoms with E-state index in [2.05, 4.69) is 76.8 Å². The topological polar surface area (TPSA) is 0 Å². The van der Waals surface area contributed by atoms with E-state index < -0.39 is 0 Å². The van der Waals surface area contributed by atoms with Gasteiger partial charge in [-0.3, -0.25) is 0 Å². The molecule has 0 saturated carbocycles. The summed E-state index contributed by atoms with van der Waals surface area (Å²) < 4.78 is 0. The zero-order chi connectivity index (χ0) is 13.3. The zero-order valence-electron chi connectivity index (χ0n) is 11.9. The third-order valence-corrected chi connectivity index (χ3v) is 9.80. The third kappa shape index (κ3) is 2.61. The molecule has 2 unspecified atom stereocenters. The van der Waals surface area contributed by atoms with Crippen LogP contribution in [0.3, 0.4) is 0 Å². The Morgan fingerprint density at radius 2 is 1.67 bits per heavy atom. The van der Waals surface area contributed by atoms with Crippen LogP contribution in [-0.4, -0.2) is 5.16 Å². The molecule has 0 radical (unpaired) electrons. The van der Waals surface area contributed by atoms with Gasteiger partial charge in [0.15, 0.2) is 0 Å². The third-order valence-electron chi connectivity index (χ3n) is 3.14. The molecule has 18 heavy (non-hydrogen) atoms. The summed E-state index contributed by atoms with van der Waals surface area (Å²) in [6.07, 6.45) is 2.38. The lowest BCUT2D eigenvalue weighted by atomic mass is 10.3. The van der Waals surface area contributed by atoms with Crippen molar-refractivity contribution in [1.82, 2.24) is 0 Å². The van der Waals surface area contributed by atoms with Crippen molar-refractivity contribution < 1.29 is 0 Å². The molecule has 0 fully saturated rings. The van der Waals surface area contributed by atoms with Crippen molar-refractivity contribution in [2.75, 3.05) is 0 Å². The Bertz CT molecular complexity index is 478. The van der Waals surface area contributed by atoms with Crippen LogP contribution in [0.2, 0.25) is 0 Å². The summed E-state index contributed by atoms with van der Waals surface area (Å²) >= 11 is 0. The number of allylic oxidation sites excluding steroid dienone is 2. The average Bonchev–Trinajstić information content (AvgIpc) is 2.67. The Kier molecular flexibility index (Phi) is 4.10. The summed E-state index contributed by atoms with van der Waals surface area (Å²) in [4.78, 5) is 0. The molecule has 96 valence electrons. The highest BCUT2D eigenvalue weighted by molar-refractivity contribution is 7.92. The van der Waals surface area contributed by atoms with Gasteiger partial charge in [-0.05, 0) is 50.5 Å². The molecule has 1 aromatic carbocycles. The summed E-state index contributed by atoms with van der Waals surface area (Å²) in [6, 6.07) is 11.0. The first-order chi connectivity index (χ1) is 8.45. The molecule has 2 atom stereocenters. The maximum atomic E-state index is 2.56. The molecule has 0 amide bonds. The predicted octanol–water partition coefficient (Wildman–Crippen LogP) is 5.81. The fourth-order valence-corrected chi connectivity index (χ4v) is 9.50. The van der Waals surface area contributed by atoms with Crippen molar-refractivity contribution in [3.8, 4) is 0 Å². The molecule has 0 N–H and O–H groups in total. The van der Waals surface area contributed by atoms with Crippen LogP contribution < -0.4 is 5.30 Å². The van der Waals surface area contributed by atoms with E-state index in [1.807, 2.05) is 0 Å². The van der Waals surface area contributed by atoms with Gasteiger partial charge in [0, 0.05) is 0 Å². The molecule has 0 aromatic heterocycles. The van der Waals surface area contributed by atoms with Crippen molar-refractivity contribution in [1.29, 1.82) is 0 Å². The molecule has 2 heteroatoms. The number of hydrogen-bond acceptors (Lipinski definition) is 0. The van der Waals surface area contributed by atoms with Crippen LogP contribution >= 0.6 is 15.8 Å². The van der Waals surface area contributed by atoms with Crippen molar-refractivity contribution in [2.45, 2.75) is 39.8 Å². The van der Waals surface area contributed by atoms with Gasteiger partial charge in [-0.25, -0.2) is 0 Å². The molecule has 0 bridgehead atoms. The van der Waals surface area contributed by atoms with Crippen LogP contribution in [0.5, 0.6) is 0 Å². The minimum atomic E-state index is -0.218. The van der Waals surface area contributed by atoms with Crippen LogP contribution in [0, 0.1) is 0 Å². The van der Waals surface area contributed by atoms with E-state index in [1.165, 1.54) is 5.30 Å². The van der Waals surface area contributed by atoms with E-state index in [-0.39, 0.29) is 15.8 Å². The molecular formula is C16H22P2. The second kappa shape index (κ2) is 5.28. The lowest BCUT2D eigenvalue weighted by Crippen LogP contribution is -2.10. The van der Waals surface area contributed by atoms with Crippen molar-refractivity contribution in [3.05, 3.63) is 52.6 Å². The largest absolute Gasteiger partial charge is 0.0785 e. The lowest BCUT2D eigenvalue weighted by Gasteiger charge is -2.29. The van der Waals surface area contributed by atoms with Gasteiger partial charge in [0.25, 0.3) is 0 Å². The fourth-order valence-electron chi connectivity index (χ4n) is 2.32. The van der Waals surface area contributed by atoms with Gasteiger partial charge in [-0.1, -0.05) is 63.0 Å². The van der Waals surface area contributed by atoms with Crippen LogP contribution in [0.1, 0.15) is 34.6 Å². The summed E-state index contributed by atoms with van der Waals surface area (Å²) in [6.45, 7) is 11.6. The Morgan fingerprint density at radius 1 is 1.06 bits per heavy atom. The molecule has 1 aliphatic heterocycles. The van der Waals surface area contributed by atoms with Gasteiger partial charge < -0.3 is 0 Å². The summed E-state index contributed by atoms with van der Waals surface area (Å²) in [5.41, 5.74) is 0. The number of rotatable bonds is 1. The van der Waals surface area contributed by atoms with Crippen molar-refractivity contribution >= 4 is 21.1 Å². The summed E-state index contributed by atoms with van der Waals surface area (Å²) in [5, 5.41) is 5.16. The van der Waals surface area contributed by atoms with Crippen molar-refractivity contribution in [3.63, 3.8) is 0 Å². The zero-order valence-corrected chi connectivity index (χ0v) is 13.7. The Labute approximate surface area is 114 Å². The van der Waals surface area contributed by atoms with E-state index >= 15 is 0 Å². The fraction of sp³-hybridized carbons (Fsp3) is 0.375. The van der Waals surface area contributed by atoms with Gasteiger partial charge in [0.2, 0.25) is 0 Å². The molecule has 1 aromatic rings. The van der Waals surface area contributed by atoms with E-state index in [4.69, 9.17) is 0 Å². The lowest BCUT2D eigenvalue weighted by molar-refractivity contribution is 0.792.